The summed E-state index contributed by atoms with van der Waals surface area (Å²) in [5.41, 5.74) is 2.97. The second-order valence-electron chi connectivity index (χ2n) is 3.61. The zero-order chi connectivity index (χ0) is 9.71. The fourth-order valence-corrected chi connectivity index (χ4v) is 2.17. The number of nitrogens with one attached hydrogen (secondary N) is 1. The largest absolute Gasteiger partial charge is 0.288 e. The highest BCUT2D eigenvalue weighted by atomic mass is 16.2. The number of carbonyl (C=O) groups is 2. The molecular weight excluding hydrogens is 180 g/mol. The quantitative estimate of drug-likeness (QED) is 0.601. The number of pyridine rings is 1. The van der Waals surface area contributed by atoms with Crippen molar-refractivity contribution < 1.29 is 9.59 Å². The third-order valence-electron chi connectivity index (χ3n) is 2.81. The van der Waals surface area contributed by atoms with Crippen molar-refractivity contribution in [2.24, 2.45) is 0 Å². The third-order valence-corrected chi connectivity index (χ3v) is 2.81. The number of nitrogens with zero attached hydrogens (tertiary/aromatic N) is 1. The van der Waals surface area contributed by atoms with Gasteiger partial charge in [-0.1, -0.05) is 0 Å². The van der Waals surface area contributed by atoms with Gasteiger partial charge in [0.25, 0.3) is 11.8 Å². The van der Waals surface area contributed by atoms with E-state index >= 15 is 0 Å². The molecule has 0 saturated carbocycles. The Hall–Kier alpha value is -1.71. The van der Waals surface area contributed by atoms with Crippen LogP contribution in [-0.4, -0.2) is 16.8 Å². The molecule has 1 N–H and O–H groups in total. The molecular formula is C10H8N2O2. The van der Waals surface area contributed by atoms with Gasteiger partial charge in [0.1, 0.15) is 0 Å². The van der Waals surface area contributed by atoms with Gasteiger partial charge >= 0.3 is 0 Å². The summed E-state index contributed by atoms with van der Waals surface area (Å²) in [6.07, 6.45) is 4.33. The van der Waals surface area contributed by atoms with E-state index < -0.39 is 0 Å². The predicted molar refractivity (Wildman–Crippen MR) is 48.1 cm³/mol. The van der Waals surface area contributed by atoms with Crippen molar-refractivity contribution in [2.45, 2.75) is 19.3 Å². The lowest BCUT2D eigenvalue weighted by Crippen LogP contribution is -2.20. The Kier molecular flexibility index (Phi) is 1.32. The average Bonchev–Trinajstić information content (AvgIpc) is 2.71. The molecule has 1 aliphatic carbocycles. The predicted octanol–water partition coefficient (Wildman–Crippen LogP) is 0.454. The molecule has 0 fully saturated rings. The minimum Gasteiger partial charge on any atom is -0.288 e. The SMILES string of the molecule is O=C1NC(=O)c2c1cnc1c2CCC1. The van der Waals surface area contributed by atoms with Gasteiger partial charge in [0.05, 0.1) is 11.1 Å². The van der Waals surface area contributed by atoms with Crippen LogP contribution >= 0.6 is 0 Å². The molecule has 0 spiro atoms. The molecule has 0 saturated heterocycles. The molecule has 3 rings (SSSR count). The molecule has 2 heterocycles. The van der Waals surface area contributed by atoms with Gasteiger partial charge in [-0.15, -0.1) is 0 Å². The van der Waals surface area contributed by atoms with Crippen molar-refractivity contribution in [2.75, 3.05) is 0 Å². The number of carbonyl (C=O) groups excluding carboxylic acids is 2. The van der Waals surface area contributed by atoms with Crippen LogP contribution in [0.2, 0.25) is 0 Å². The molecule has 70 valence electrons. The molecule has 1 aliphatic heterocycles. The summed E-state index contributed by atoms with van der Waals surface area (Å²) in [4.78, 5) is 27.0. The van der Waals surface area contributed by atoms with Crippen LogP contribution in [0.3, 0.4) is 0 Å². The van der Waals surface area contributed by atoms with Crippen molar-refractivity contribution >= 4 is 11.8 Å². The smallest absolute Gasteiger partial charge is 0.260 e. The van der Waals surface area contributed by atoms with Crippen LogP contribution in [-0.2, 0) is 12.8 Å². The van der Waals surface area contributed by atoms with Crippen LogP contribution < -0.4 is 5.32 Å². The molecule has 4 nitrogen and oxygen atoms in total. The van der Waals surface area contributed by atoms with E-state index in [-0.39, 0.29) is 11.8 Å². The Morgan fingerprint density at radius 2 is 2.07 bits per heavy atom. The Morgan fingerprint density at radius 1 is 1.21 bits per heavy atom. The molecule has 0 radical (unpaired) electrons. The summed E-state index contributed by atoms with van der Waals surface area (Å²) >= 11 is 0. The Morgan fingerprint density at radius 3 is 2.93 bits per heavy atom. The van der Waals surface area contributed by atoms with Gasteiger partial charge in [-0.25, -0.2) is 0 Å². The highest BCUT2D eigenvalue weighted by Gasteiger charge is 2.32. The number of hydrogen-bond acceptors (Lipinski definition) is 3. The minimum atomic E-state index is -0.313. The second kappa shape index (κ2) is 2.41. The van der Waals surface area contributed by atoms with E-state index in [0.29, 0.717) is 11.1 Å². The van der Waals surface area contributed by atoms with Crippen LogP contribution in [0.5, 0.6) is 0 Å². The Labute approximate surface area is 80.3 Å². The van der Waals surface area contributed by atoms with E-state index in [0.717, 1.165) is 30.5 Å². The van der Waals surface area contributed by atoms with Gasteiger partial charge in [0.2, 0.25) is 0 Å². The highest BCUT2D eigenvalue weighted by Crippen LogP contribution is 2.28. The number of amides is 2. The summed E-state index contributed by atoms with van der Waals surface area (Å²) in [6, 6.07) is 0. The zero-order valence-electron chi connectivity index (χ0n) is 7.46. The maximum absolute atomic E-state index is 11.5. The fourth-order valence-electron chi connectivity index (χ4n) is 2.17. The lowest BCUT2D eigenvalue weighted by molar-refractivity contribution is 0.0879. The van der Waals surface area contributed by atoms with Crippen molar-refractivity contribution in [3.8, 4) is 0 Å². The van der Waals surface area contributed by atoms with Crippen molar-refractivity contribution in [3.05, 3.63) is 28.6 Å². The maximum Gasteiger partial charge on any atom is 0.260 e. The summed E-state index contributed by atoms with van der Waals surface area (Å²) in [5.74, 6) is -0.572. The summed E-state index contributed by atoms with van der Waals surface area (Å²) in [6.45, 7) is 0. The molecule has 0 aromatic carbocycles. The molecule has 4 heteroatoms. The number of aryl methyl sites for hydroxylation is 1. The maximum atomic E-state index is 11.5. The van der Waals surface area contributed by atoms with Gasteiger partial charge in [-0.3, -0.25) is 19.9 Å². The van der Waals surface area contributed by atoms with Crippen molar-refractivity contribution in [1.29, 1.82) is 0 Å². The molecule has 14 heavy (non-hydrogen) atoms. The van der Waals surface area contributed by atoms with E-state index in [1.54, 1.807) is 0 Å². The normalized spacial score (nSPS) is 18.0. The molecule has 1 aromatic heterocycles. The number of hydrogen-bond donors (Lipinski definition) is 1. The van der Waals surface area contributed by atoms with Gasteiger partial charge in [-0.2, -0.15) is 0 Å². The Balaban J connectivity index is 2.33. The van der Waals surface area contributed by atoms with Crippen LogP contribution in [0.25, 0.3) is 0 Å². The van der Waals surface area contributed by atoms with Gasteiger partial charge in [0.15, 0.2) is 0 Å². The monoisotopic (exact) mass is 188 g/mol. The molecule has 0 unspecified atom stereocenters. The minimum absolute atomic E-state index is 0.259. The lowest BCUT2D eigenvalue weighted by atomic mass is 10.0. The first-order valence-electron chi connectivity index (χ1n) is 4.64. The first kappa shape index (κ1) is 7.67. The van der Waals surface area contributed by atoms with Gasteiger partial charge in [-0.05, 0) is 24.8 Å². The summed E-state index contributed by atoms with van der Waals surface area (Å²) in [5, 5.41) is 2.29. The van der Waals surface area contributed by atoms with Crippen LogP contribution in [0.15, 0.2) is 6.20 Å². The summed E-state index contributed by atoms with van der Waals surface area (Å²) in [7, 11) is 0. The van der Waals surface area contributed by atoms with E-state index in [9.17, 15) is 9.59 Å². The van der Waals surface area contributed by atoms with Crippen molar-refractivity contribution in [1.82, 2.24) is 10.3 Å². The van der Waals surface area contributed by atoms with E-state index in [4.69, 9.17) is 0 Å². The highest BCUT2D eigenvalue weighted by molar-refractivity contribution is 6.22. The Bertz CT molecular complexity index is 465. The van der Waals surface area contributed by atoms with E-state index in [1.807, 2.05) is 0 Å². The van der Waals surface area contributed by atoms with E-state index in [1.165, 1.54) is 6.20 Å². The second-order valence-corrected chi connectivity index (χ2v) is 3.61. The molecule has 1 aromatic rings. The van der Waals surface area contributed by atoms with Gasteiger partial charge < -0.3 is 0 Å². The van der Waals surface area contributed by atoms with Crippen LogP contribution in [0.1, 0.15) is 38.4 Å². The molecule has 0 atom stereocenters. The lowest BCUT2D eigenvalue weighted by Gasteiger charge is -2.01. The molecule has 2 aliphatic rings. The average molecular weight is 188 g/mol. The number of fused-ring (bicyclic) bond motifs is 3. The van der Waals surface area contributed by atoms with Crippen LogP contribution in [0.4, 0.5) is 0 Å². The van der Waals surface area contributed by atoms with Gasteiger partial charge in [0, 0.05) is 11.9 Å². The molecule has 0 bridgehead atoms. The van der Waals surface area contributed by atoms with Crippen molar-refractivity contribution in [3.63, 3.8) is 0 Å². The van der Waals surface area contributed by atoms with E-state index in [2.05, 4.69) is 10.3 Å². The number of rotatable bonds is 0. The number of imide groups is 1. The fraction of sp³-hybridized carbons (Fsp3) is 0.300. The first-order chi connectivity index (χ1) is 6.77. The first-order valence-corrected chi connectivity index (χ1v) is 4.64. The van der Waals surface area contributed by atoms with Crippen LogP contribution in [0, 0.1) is 0 Å². The molecule has 2 amide bonds. The number of aromatic nitrogens is 1. The topological polar surface area (TPSA) is 59.1 Å². The third kappa shape index (κ3) is 0.801. The summed E-state index contributed by atoms with van der Waals surface area (Å²) < 4.78 is 0. The standard InChI is InChI=1S/C10H8N2O2/c13-9-6-4-11-7-3-1-2-5(7)8(6)10(14)12-9/h4H,1-3H2,(H,12,13,14). The zero-order valence-corrected chi connectivity index (χ0v) is 7.46.